The molecule has 0 aliphatic carbocycles. The number of aliphatic hydroxyl groups excluding tert-OH is 1. The van der Waals surface area contributed by atoms with Gasteiger partial charge >= 0.3 is 0 Å². The number of hydrogen-bond acceptors (Lipinski definition) is 2. The highest BCUT2D eigenvalue weighted by molar-refractivity contribution is 4.85. The average molecular weight is 157 g/mol. The molecule has 1 rings (SSSR count). The highest BCUT2D eigenvalue weighted by Crippen LogP contribution is 2.23. The maximum atomic E-state index is 9.41. The molecule has 0 aromatic rings. The minimum absolute atomic E-state index is 0.0812. The van der Waals surface area contributed by atoms with Crippen LogP contribution in [0.2, 0.25) is 0 Å². The van der Waals surface area contributed by atoms with E-state index in [2.05, 4.69) is 25.7 Å². The molecule has 0 saturated carbocycles. The predicted octanol–water partition coefficient (Wildman–Crippen LogP) is 1.10. The van der Waals surface area contributed by atoms with E-state index in [9.17, 15) is 5.11 Å². The second-order valence-electron chi connectivity index (χ2n) is 3.79. The summed E-state index contributed by atoms with van der Waals surface area (Å²) in [5.41, 5.74) is 0. The van der Waals surface area contributed by atoms with Crippen molar-refractivity contribution in [2.45, 2.75) is 39.3 Å². The first-order chi connectivity index (χ1) is 5.15. The van der Waals surface area contributed by atoms with Gasteiger partial charge in [-0.25, -0.2) is 0 Å². The molecule has 1 fully saturated rings. The largest absolute Gasteiger partial charge is 0.392 e. The van der Waals surface area contributed by atoms with Crippen LogP contribution in [0.5, 0.6) is 0 Å². The Kier molecular flexibility index (Phi) is 2.90. The highest BCUT2D eigenvalue weighted by atomic mass is 16.3. The molecule has 2 heteroatoms. The van der Waals surface area contributed by atoms with Crippen LogP contribution in [0.1, 0.15) is 27.2 Å². The van der Waals surface area contributed by atoms with E-state index < -0.39 is 0 Å². The van der Waals surface area contributed by atoms with E-state index in [0.29, 0.717) is 12.0 Å². The molecule has 1 heterocycles. The van der Waals surface area contributed by atoms with E-state index in [1.165, 1.54) is 0 Å². The SMILES string of the molecule is CCN1C[C@@H](O)C[C@@H]1C(C)C. The van der Waals surface area contributed by atoms with Crippen molar-refractivity contribution in [3.8, 4) is 0 Å². The van der Waals surface area contributed by atoms with Crippen molar-refractivity contribution in [1.82, 2.24) is 4.90 Å². The normalized spacial score (nSPS) is 33.5. The van der Waals surface area contributed by atoms with Gasteiger partial charge in [0.15, 0.2) is 0 Å². The first-order valence-electron chi connectivity index (χ1n) is 4.57. The maximum Gasteiger partial charge on any atom is 0.0682 e. The van der Waals surface area contributed by atoms with Gasteiger partial charge in [0.1, 0.15) is 0 Å². The zero-order chi connectivity index (χ0) is 8.43. The van der Waals surface area contributed by atoms with Crippen molar-refractivity contribution in [2.24, 2.45) is 5.92 Å². The Morgan fingerprint density at radius 1 is 1.55 bits per heavy atom. The van der Waals surface area contributed by atoms with Crippen LogP contribution in [0, 0.1) is 5.92 Å². The van der Waals surface area contributed by atoms with Gasteiger partial charge < -0.3 is 5.11 Å². The Morgan fingerprint density at radius 2 is 2.18 bits per heavy atom. The van der Waals surface area contributed by atoms with E-state index in [-0.39, 0.29) is 6.10 Å². The summed E-state index contributed by atoms with van der Waals surface area (Å²) in [6.07, 6.45) is 0.883. The first kappa shape index (κ1) is 9.01. The minimum atomic E-state index is -0.0812. The van der Waals surface area contributed by atoms with Gasteiger partial charge in [-0.15, -0.1) is 0 Å². The Morgan fingerprint density at radius 3 is 2.55 bits per heavy atom. The lowest BCUT2D eigenvalue weighted by Crippen LogP contribution is -2.33. The summed E-state index contributed by atoms with van der Waals surface area (Å²) in [5, 5.41) is 9.41. The van der Waals surface area contributed by atoms with E-state index in [4.69, 9.17) is 0 Å². The number of hydrogen-bond donors (Lipinski definition) is 1. The van der Waals surface area contributed by atoms with Gasteiger partial charge in [0.2, 0.25) is 0 Å². The summed E-state index contributed by atoms with van der Waals surface area (Å²) in [4.78, 5) is 2.37. The molecule has 2 atom stereocenters. The van der Waals surface area contributed by atoms with Crippen LogP contribution in [0.3, 0.4) is 0 Å². The second kappa shape index (κ2) is 3.55. The molecule has 0 bridgehead atoms. The summed E-state index contributed by atoms with van der Waals surface area (Å²) in [6, 6.07) is 0.606. The molecule has 1 aliphatic rings. The second-order valence-corrected chi connectivity index (χ2v) is 3.79. The fourth-order valence-corrected chi connectivity index (χ4v) is 1.97. The van der Waals surface area contributed by atoms with Crippen LogP contribution in [0.25, 0.3) is 0 Å². The van der Waals surface area contributed by atoms with Gasteiger partial charge in [-0.3, -0.25) is 4.90 Å². The summed E-state index contributed by atoms with van der Waals surface area (Å²) in [5.74, 6) is 0.673. The third-order valence-electron chi connectivity index (χ3n) is 2.60. The van der Waals surface area contributed by atoms with Crippen LogP contribution < -0.4 is 0 Å². The third-order valence-corrected chi connectivity index (χ3v) is 2.60. The molecule has 1 aliphatic heterocycles. The number of β-amino-alcohol motifs (C(OH)–C–C–N with tert-alkyl or cyclic N) is 1. The van der Waals surface area contributed by atoms with Gasteiger partial charge in [0.05, 0.1) is 6.10 Å². The number of likely N-dealkylation sites (tertiary alicyclic amines) is 1. The Bertz CT molecular complexity index is 125. The monoisotopic (exact) mass is 157 g/mol. The molecule has 11 heavy (non-hydrogen) atoms. The average Bonchev–Trinajstić information content (AvgIpc) is 2.30. The van der Waals surface area contributed by atoms with Crippen molar-refractivity contribution in [3.63, 3.8) is 0 Å². The standard InChI is InChI=1S/C9H19NO/c1-4-10-6-8(11)5-9(10)7(2)3/h7-9,11H,4-6H2,1-3H3/t8-,9+/m0/s1. The first-order valence-corrected chi connectivity index (χ1v) is 4.57. The van der Waals surface area contributed by atoms with Crippen LogP contribution in [0.15, 0.2) is 0 Å². The number of likely N-dealkylation sites (N-methyl/N-ethyl adjacent to an activating group) is 1. The third kappa shape index (κ3) is 1.94. The quantitative estimate of drug-likeness (QED) is 0.649. The van der Waals surface area contributed by atoms with E-state index in [1.807, 2.05) is 0 Å². The molecule has 0 aromatic carbocycles. The molecule has 1 N–H and O–H groups in total. The predicted molar refractivity (Wildman–Crippen MR) is 46.5 cm³/mol. The molecule has 66 valence electrons. The van der Waals surface area contributed by atoms with Gasteiger partial charge in [0, 0.05) is 12.6 Å². The lowest BCUT2D eigenvalue weighted by Gasteiger charge is -2.25. The molecular formula is C9H19NO. The van der Waals surface area contributed by atoms with Gasteiger partial charge in [-0.05, 0) is 18.9 Å². The Balaban J connectivity index is 2.50. The van der Waals surface area contributed by atoms with Crippen LogP contribution >= 0.6 is 0 Å². The zero-order valence-electron chi connectivity index (χ0n) is 7.75. The summed E-state index contributed by atoms with van der Waals surface area (Å²) < 4.78 is 0. The summed E-state index contributed by atoms with van der Waals surface area (Å²) in [6.45, 7) is 8.56. The number of aliphatic hydroxyl groups is 1. The molecule has 2 nitrogen and oxygen atoms in total. The van der Waals surface area contributed by atoms with Crippen molar-refractivity contribution < 1.29 is 5.11 Å². The van der Waals surface area contributed by atoms with Gasteiger partial charge in [0.25, 0.3) is 0 Å². The summed E-state index contributed by atoms with van der Waals surface area (Å²) >= 11 is 0. The molecule has 0 spiro atoms. The zero-order valence-corrected chi connectivity index (χ0v) is 7.75. The lowest BCUT2D eigenvalue weighted by molar-refractivity contribution is 0.175. The maximum absolute atomic E-state index is 9.41. The number of nitrogens with zero attached hydrogens (tertiary/aromatic N) is 1. The minimum Gasteiger partial charge on any atom is -0.392 e. The van der Waals surface area contributed by atoms with Crippen molar-refractivity contribution in [3.05, 3.63) is 0 Å². The smallest absolute Gasteiger partial charge is 0.0682 e. The van der Waals surface area contributed by atoms with Gasteiger partial charge in [-0.1, -0.05) is 20.8 Å². The van der Waals surface area contributed by atoms with Gasteiger partial charge in [-0.2, -0.15) is 0 Å². The van der Waals surface area contributed by atoms with E-state index in [1.54, 1.807) is 0 Å². The van der Waals surface area contributed by atoms with Crippen molar-refractivity contribution in [2.75, 3.05) is 13.1 Å². The van der Waals surface area contributed by atoms with E-state index in [0.717, 1.165) is 19.5 Å². The fraction of sp³-hybridized carbons (Fsp3) is 1.00. The molecule has 0 aromatic heterocycles. The van der Waals surface area contributed by atoms with Crippen LogP contribution in [0.4, 0.5) is 0 Å². The van der Waals surface area contributed by atoms with Crippen LogP contribution in [-0.2, 0) is 0 Å². The molecule has 0 radical (unpaired) electrons. The highest BCUT2D eigenvalue weighted by Gasteiger charge is 2.31. The van der Waals surface area contributed by atoms with Crippen molar-refractivity contribution in [1.29, 1.82) is 0 Å². The lowest BCUT2D eigenvalue weighted by atomic mass is 10.0. The topological polar surface area (TPSA) is 23.5 Å². The Hall–Kier alpha value is -0.0800. The summed E-state index contributed by atoms with van der Waals surface area (Å²) in [7, 11) is 0. The number of rotatable bonds is 2. The molecule has 0 amide bonds. The molecule has 0 unspecified atom stereocenters. The van der Waals surface area contributed by atoms with E-state index >= 15 is 0 Å². The fourth-order valence-electron chi connectivity index (χ4n) is 1.97. The molecule has 1 saturated heterocycles. The van der Waals surface area contributed by atoms with Crippen LogP contribution in [-0.4, -0.2) is 35.2 Å². The molecular weight excluding hydrogens is 138 g/mol. The van der Waals surface area contributed by atoms with Crippen molar-refractivity contribution >= 4 is 0 Å². The Labute approximate surface area is 69.2 Å².